The first-order chi connectivity index (χ1) is 10.1. The number of amides is 1. The Balaban J connectivity index is 1.77. The minimum absolute atomic E-state index is 0.0323. The van der Waals surface area contributed by atoms with E-state index in [-0.39, 0.29) is 23.7 Å². The van der Waals surface area contributed by atoms with Crippen molar-refractivity contribution in [3.8, 4) is 0 Å². The quantitative estimate of drug-likeness (QED) is 0.910. The van der Waals surface area contributed by atoms with Crippen molar-refractivity contribution < 1.29 is 9.59 Å². The number of H-pyrrole nitrogens is 1. The molecule has 4 nitrogen and oxygen atoms in total. The zero-order valence-electron chi connectivity index (χ0n) is 12.2. The minimum Gasteiger partial charge on any atom is -0.351 e. The van der Waals surface area contributed by atoms with Gasteiger partial charge >= 0.3 is 0 Å². The number of aromatic nitrogens is 1. The molecule has 0 spiro atoms. The number of carbonyl (C=O) groups is 2. The third kappa shape index (κ3) is 2.84. The number of fused-ring (bicyclic) bond motifs is 1. The lowest BCUT2D eigenvalue weighted by molar-refractivity contribution is -0.122. The van der Waals surface area contributed by atoms with Crippen molar-refractivity contribution in [1.29, 1.82) is 0 Å². The molecule has 2 unspecified atom stereocenters. The summed E-state index contributed by atoms with van der Waals surface area (Å²) in [6, 6.07) is 9.64. The molecule has 1 aliphatic carbocycles. The van der Waals surface area contributed by atoms with E-state index in [2.05, 4.69) is 10.3 Å². The summed E-state index contributed by atoms with van der Waals surface area (Å²) >= 11 is 0. The first-order valence-corrected chi connectivity index (χ1v) is 7.54. The molecule has 1 amide bonds. The maximum atomic E-state index is 12.4. The van der Waals surface area contributed by atoms with Crippen molar-refractivity contribution in [2.45, 2.75) is 38.6 Å². The third-order valence-electron chi connectivity index (χ3n) is 4.38. The molecular weight excluding hydrogens is 264 g/mol. The van der Waals surface area contributed by atoms with Gasteiger partial charge in [-0.1, -0.05) is 31.0 Å². The second kappa shape index (κ2) is 5.72. The molecule has 2 aromatic rings. The first-order valence-electron chi connectivity index (χ1n) is 7.54. The number of carbonyl (C=O) groups excluding carboxylic acids is 2. The van der Waals surface area contributed by atoms with Crippen molar-refractivity contribution in [3.05, 3.63) is 36.0 Å². The van der Waals surface area contributed by atoms with Crippen LogP contribution in [0.1, 0.15) is 43.1 Å². The molecule has 1 heterocycles. The lowest BCUT2D eigenvalue weighted by Crippen LogP contribution is -2.44. The largest absolute Gasteiger partial charge is 0.351 e. The molecule has 2 N–H and O–H groups in total. The fourth-order valence-corrected chi connectivity index (χ4v) is 3.23. The predicted molar refractivity (Wildman–Crippen MR) is 82.2 cm³/mol. The van der Waals surface area contributed by atoms with E-state index in [1.807, 2.05) is 30.3 Å². The summed E-state index contributed by atoms with van der Waals surface area (Å²) in [6.07, 6.45) is 3.91. The Morgan fingerprint density at radius 1 is 1.19 bits per heavy atom. The van der Waals surface area contributed by atoms with Crippen LogP contribution in [-0.4, -0.2) is 22.7 Å². The number of nitrogens with one attached hydrogen (secondary N) is 2. The van der Waals surface area contributed by atoms with Crippen LogP contribution in [0.25, 0.3) is 10.9 Å². The van der Waals surface area contributed by atoms with E-state index < -0.39 is 0 Å². The highest BCUT2D eigenvalue weighted by molar-refractivity contribution is 5.98. The van der Waals surface area contributed by atoms with Crippen LogP contribution in [0.2, 0.25) is 0 Å². The van der Waals surface area contributed by atoms with Crippen LogP contribution in [-0.2, 0) is 4.79 Å². The lowest BCUT2D eigenvalue weighted by atomic mass is 9.82. The number of Topliss-reactive ketones (excluding diaryl/α,β-unsaturated/α-hetero) is 1. The molecule has 0 aliphatic heterocycles. The third-order valence-corrected chi connectivity index (χ3v) is 4.38. The summed E-state index contributed by atoms with van der Waals surface area (Å²) in [6.45, 7) is 1.62. The van der Waals surface area contributed by atoms with Gasteiger partial charge in [-0.3, -0.25) is 9.59 Å². The maximum Gasteiger partial charge on any atom is 0.267 e. The number of hydrogen-bond donors (Lipinski definition) is 2. The van der Waals surface area contributed by atoms with E-state index >= 15 is 0 Å². The van der Waals surface area contributed by atoms with Crippen molar-refractivity contribution in [2.24, 2.45) is 5.92 Å². The topological polar surface area (TPSA) is 62.0 Å². The molecular formula is C17H20N2O2. The van der Waals surface area contributed by atoms with Crippen molar-refractivity contribution in [2.75, 3.05) is 0 Å². The number of para-hydroxylation sites is 1. The number of rotatable bonds is 3. The normalized spacial score (nSPS) is 22.1. The number of hydrogen-bond acceptors (Lipinski definition) is 2. The highest BCUT2D eigenvalue weighted by Crippen LogP contribution is 2.25. The summed E-state index contributed by atoms with van der Waals surface area (Å²) < 4.78 is 0. The molecule has 4 heteroatoms. The second-order valence-corrected chi connectivity index (χ2v) is 5.85. The molecule has 3 rings (SSSR count). The summed E-state index contributed by atoms with van der Waals surface area (Å²) in [5.41, 5.74) is 1.51. The summed E-state index contributed by atoms with van der Waals surface area (Å²) in [4.78, 5) is 27.2. The van der Waals surface area contributed by atoms with Gasteiger partial charge in [0.15, 0.2) is 0 Å². The first kappa shape index (κ1) is 13.9. The van der Waals surface area contributed by atoms with Gasteiger partial charge in [-0.05, 0) is 31.9 Å². The van der Waals surface area contributed by atoms with Gasteiger partial charge in [-0.2, -0.15) is 0 Å². The van der Waals surface area contributed by atoms with Gasteiger partial charge < -0.3 is 10.3 Å². The molecule has 0 saturated heterocycles. The summed E-state index contributed by atoms with van der Waals surface area (Å²) in [5, 5.41) is 4.06. The highest BCUT2D eigenvalue weighted by atomic mass is 16.2. The van der Waals surface area contributed by atoms with E-state index in [1.54, 1.807) is 6.92 Å². The average Bonchev–Trinajstić information content (AvgIpc) is 2.91. The van der Waals surface area contributed by atoms with Crippen LogP contribution in [0.3, 0.4) is 0 Å². The molecule has 1 aromatic heterocycles. The van der Waals surface area contributed by atoms with Crippen molar-refractivity contribution >= 4 is 22.6 Å². The van der Waals surface area contributed by atoms with E-state index in [9.17, 15) is 9.59 Å². The van der Waals surface area contributed by atoms with Crippen LogP contribution in [0.15, 0.2) is 30.3 Å². The maximum absolute atomic E-state index is 12.4. The van der Waals surface area contributed by atoms with E-state index in [0.29, 0.717) is 5.69 Å². The highest BCUT2D eigenvalue weighted by Gasteiger charge is 2.30. The number of aromatic amines is 1. The number of benzene rings is 1. The molecule has 1 aliphatic rings. The van der Waals surface area contributed by atoms with Crippen molar-refractivity contribution in [1.82, 2.24) is 10.3 Å². The fraction of sp³-hybridized carbons (Fsp3) is 0.412. The van der Waals surface area contributed by atoms with Gasteiger partial charge in [-0.15, -0.1) is 0 Å². The van der Waals surface area contributed by atoms with E-state index in [4.69, 9.17) is 0 Å². The Morgan fingerprint density at radius 3 is 2.71 bits per heavy atom. The number of ketones is 1. The molecule has 1 saturated carbocycles. The molecule has 1 aromatic carbocycles. The van der Waals surface area contributed by atoms with Crippen LogP contribution in [0.5, 0.6) is 0 Å². The van der Waals surface area contributed by atoms with Gasteiger partial charge in [0.25, 0.3) is 5.91 Å². The van der Waals surface area contributed by atoms with Gasteiger partial charge in [0, 0.05) is 22.9 Å². The van der Waals surface area contributed by atoms with Crippen LogP contribution < -0.4 is 5.32 Å². The Morgan fingerprint density at radius 2 is 1.95 bits per heavy atom. The molecule has 1 fully saturated rings. The molecule has 0 bridgehead atoms. The van der Waals surface area contributed by atoms with Crippen LogP contribution in [0.4, 0.5) is 0 Å². The van der Waals surface area contributed by atoms with Gasteiger partial charge in [0.2, 0.25) is 0 Å². The Bertz CT molecular complexity index is 641. The second-order valence-electron chi connectivity index (χ2n) is 5.85. The average molecular weight is 284 g/mol. The molecule has 2 atom stereocenters. The Labute approximate surface area is 123 Å². The Hall–Kier alpha value is -2.10. The summed E-state index contributed by atoms with van der Waals surface area (Å²) in [7, 11) is 0. The van der Waals surface area contributed by atoms with Crippen LogP contribution >= 0.6 is 0 Å². The zero-order valence-corrected chi connectivity index (χ0v) is 12.2. The fourth-order valence-electron chi connectivity index (χ4n) is 3.23. The van der Waals surface area contributed by atoms with E-state index in [0.717, 1.165) is 36.6 Å². The summed E-state index contributed by atoms with van der Waals surface area (Å²) in [5.74, 6) is 0.0214. The molecule has 0 radical (unpaired) electrons. The standard InChI is InChI=1S/C17H20N2O2/c1-11(20)13-7-3-5-9-15(13)19-17(21)16-10-12-6-2-4-8-14(12)18-16/h2,4,6,8,10,13,15,18H,3,5,7,9H2,1H3,(H,19,21). The minimum atomic E-state index is -0.121. The predicted octanol–water partition coefficient (Wildman–Crippen LogP) is 3.05. The van der Waals surface area contributed by atoms with Gasteiger partial charge in [0.1, 0.15) is 11.5 Å². The van der Waals surface area contributed by atoms with Crippen molar-refractivity contribution in [3.63, 3.8) is 0 Å². The van der Waals surface area contributed by atoms with Crippen LogP contribution in [0, 0.1) is 5.92 Å². The smallest absolute Gasteiger partial charge is 0.267 e. The van der Waals surface area contributed by atoms with Gasteiger partial charge in [-0.25, -0.2) is 0 Å². The molecule has 110 valence electrons. The van der Waals surface area contributed by atoms with E-state index in [1.165, 1.54) is 0 Å². The monoisotopic (exact) mass is 284 g/mol. The molecule has 21 heavy (non-hydrogen) atoms. The lowest BCUT2D eigenvalue weighted by Gasteiger charge is -2.30. The SMILES string of the molecule is CC(=O)C1CCCCC1NC(=O)c1cc2ccccc2[nH]1. The Kier molecular flexibility index (Phi) is 3.78. The van der Waals surface area contributed by atoms with Gasteiger partial charge in [0.05, 0.1) is 0 Å². The zero-order chi connectivity index (χ0) is 14.8.